The average Bonchev–Trinajstić information content (AvgIpc) is 2.99. The van der Waals surface area contributed by atoms with Crippen LogP contribution in [0.1, 0.15) is 31.0 Å². The van der Waals surface area contributed by atoms with Crippen LogP contribution >= 0.6 is 11.8 Å². The van der Waals surface area contributed by atoms with Gasteiger partial charge < -0.3 is 9.64 Å². The van der Waals surface area contributed by atoms with E-state index in [1.807, 2.05) is 4.90 Å². The Bertz CT molecular complexity index is 550. The Labute approximate surface area is 129 Å². The molecule has 3 fully saturated rings. The molecule has 2 atom stereocenters. The molecule has 4 nitrogen and oxygen atoms in total. The highest BCUT2D eigenvalue weighted by atomic mass is 32.2. The molecule has 5 heteroatoms. The van der Waals surface area contributed by atoms with E-state index in [0.717, 1.165) is 25.9 Å². The number of ether oxygens (including phenoxy) is 1. The van der Waals surface area contributed by atoms with Gasteiger partial charge in [-0.1, -0.05) is 12.1 Å². The standard InChI is InChI=1S/C16H20N2O2S/c1-21-13-4-2-11(3-5-13)14-17-16(7-8-16)15(19)18(14)12-6-9-20-10-12/h2-5,12,14,17H,6-10H2,1H3. The van der Waals surface area contributed by atoms with E-state index in [9.17, 15) is 4.79 Å². The molecule has 2 aliphatic heterocycles. The van der Waals surface area contributed by atoms with Crippen molar-refractivity contribution in [1.82, 2.24) is 10.2 Å². The number of rotatable bonds is 3. The van der Waals surface area contributed by atoms with Crippen LogP contribution < -0.4 is 5.32 Å². The summed E-state index contributed by atoms with van der Waals surface area (Å²) in [5.74, 6) is 0.275. The molecule has 2 saturated heterocycles. The SMILES string of the molecule is CSc1ccc(C2NC3(CC3)C(=O)N2C2CCOC2)cc1. The first-order valence-corrected chi connectivity index (χ1v) is 8.78. The van der Waals surface area contributed by atoms with Gasteiger partial charge in [0.25, 0.3) is 0 Å². The third-order valence-corrected chi connectivity index (χ3v) is 5.56. The maximum atomic E-state index is 12.8. The number of amides is 1. The lowest BCUT2D eigenvalue weighted by atomic mass is 10.1. The van der Waals surface area contributed by atoms with Crippen LogP contribution in [0.5, 0.6) is 0 Å². The molecule has 0 aromatic heterocycles. The van der Waals surface area contributed by atoms with Crippen LogP contribution in [0, 0.1) is 0 Å². The van der Waals surface area contributed by atoms with Crippen LogP contribution in [-0.2, 0) is 9.53 Å². The molecule has 21 heavy (non-hydrogen) atoms. The van der Waals surface area contributed by atoms with Crippen molar-refractivity contribution in [1.29, 1.82) is 0 Å². The maximum absolute atomic E-state index is 12.8. The van der Waals surface area contributed by atoms with E-state index in [0.29, 0.717) is 6.61 Å². The van der Waals surface area contributed by atoms with E-state index >= 15 is 0 Å². The van der Waals surface area contributed by atoms with Gasteiger partial charge >= 0.3 is 0 Å². The van der Waals surface area contributed by atoms with Gasteiger partial charge in [0.2, 0.25) is 5.91 Å². The molecule has 1 aliphatic carbocycles. The summed E-state index contributed by atoms with van der Waals surface area (Å²) in [5.41, 5.74) is 0.905. The second-order valence-electron chi connectivity index (χ2n) is 6.13. The van der Waals surface area contributed by atoms with E-state index in [-0.39, 0.29) is 23.7 Å². The Balaban J connectivity index is 1.65. The summed E-state index contributed by atoms with van der Waals surface area (Å²) in [6.45, 7) is 1.43. The minimum absolute atomic E-state index is 0.00241. The summed E-state index contributed by atoms with van der Waals surface area (Å²) in [6, 6.07) is 8.76. The largest absolute Gasteiger partial charge is 0.379 e. The number of benzene rings is 1. The zero-order valence-electron chi connectivity index (χ0n) is 12.2. The van der Waals surface area contributed by atoms with Gasteiger partial charge in [0.15, 0.2) is 0 Å². The van der Waals surface area contributed by atoms with Gasteiger partial charge in [-0.3, -0.25) is 10.1 Å². The summed E-state index contributed by atoms with van der Waals surface area (Å²) >= 11 is 1.74. The van der Waals surface area contributed by atoms with Crippen molar-refractivity contribution < 1.29 is 9.53 Å². The quantitative estimate of drug-likeness (QED) is 0.869. The van der Waals surface area contributed by atoms with E-state index in [1.165, 1.54) is 10.5 Å². The van der Waals surface area contributed by atoms with Crippen LogP contribution in [0.25, 0.3) is 0 Å². The molecule has 1 saturated carbocycles. The molecule has 112 valence electrons. The van der Waals surface area contributed by atoms with Crippen molar-refractivity contribution in [2.75, 3.05) is 19.5 Å². The predicted molar refractivity (Wildman–Crippen MR) is 82.1 cm³/mol. The molecule has 1 spiro atoms. The monoisotopic (exact) mass is 304 g/mol. The molecule has 1 aromatic rings. The van der Waals surface area contributed by atoms with E-state index in [2.05, 4.69) is 35.8 Å². The zero-order valence-corrected chi connectivity index (χ0v) is 13.0. The molecule has 0 bridgehead atoms. The fourth-order valence-corrected chi connectivity index (χ4v) is 3.80. The number of thioether (sulfide) groups is 1. The van der Waals surface area contributed by atoms with Gasteiger partial charge in [-0.25, -0.2) is 0 Å². The molecule has 4 rings (SSSR count). The minimum Gasteiger partial charge on any atom is -0.379 e. The Morgan fingerprint density at radius 3 is 2.67 bits per heavy atom. The second kappa shape index (κ2) is 5.00. The lowest BCUT2D eigenvalue weighted by molar-refractivity contribution is -0.133. The fraction of sp³-hybridized carbons (Fsp3) is 0.562. The molecular formula is C16H20N2O2S. The molecule has 1 N–H and O–H groups in total. The highest BCUT2D eigenvalue weighted by Gasteiger charge is 2.60. The van der Waals surface area contributed by atoms with Crippen LogP contribution in [0.2, 0.25) is 0 Å². The smallest absolute Gasteiger partial charge is 0.244 e. The van der Waals surface area contributed by atoms with E-state index in [1.54, 1.807) is 11.8 Å². The van der Waals surface area contributed by atoms with Crippen molar-refractivity contribution in [2.45, 2.75) is 41.9 Å². The van der Waals surface area contributed by atoms with Crippen LogP contribution in [0.4, 0.5) is 0 Å². The van der Waals surface area contributed by atoms with Gasteiger partial charge in [-0.15, -0.1) is 11.8 Å². The first-order chi connectivity index (χ1) is 10.2. The minimum atomic E-state index is -0.272. The van der Waals surface area contributed by atoms with Crippen molar-refractivity contribution in [3.8, 4) is 0 Å². The molecule has 3 aliphatic rings. The number of carbonyl (C=O) groups is 1. The van der Waals surface area contributed by atoms with E-state index in [4.69, 9.17) is 4.74 Å². The molecular weight excluding hydrogens is 284 g/mol. The van der Waals surface area contributed by atoms with Gasteiger partial charge in [-0.05, 0) is 43.2 Å². The zero-order chi connectivity index (χ0) is 14.4. The highest BCUT2D eigenvalue weighted by Crippen LogP contribution is 2.47. The number of carbonyl (C=O) groups excluding carboxylic acids is 1. The van der Waals surface area contributed by atoms with Crippen molar-refractivity contribution in [3.63, 3.8) is 0 Å². The summed E-state index contributed by atoms with van der Waals surface area (Å²) < 4.78 is 5.50. The number of nitrogens with zero attached hydrogens (tertiary/aromatic N) is 1. The topological polar surface area (TPSA) is 41.6 Å². The fourth-order valence-electron chi connectivity index (χ4n) is 3.39. The van der Waals surface area contributed by atoms with Gasteiger partial charge in [-0.2, -0.15) is 0 Å². The molecule has 2 unspecified atom stereocenters. The van der Waals surface area contributed by atoms with Crippen molar-refractivity contribution in [2.24, 2.45) is 0 Å². The lowest BCUT2D eigenvalue weighted by Gasteiger charge is -2.29. The molecule has 1 aromatic carbocycles. The van der Waals surface area contributed by atoms with Crippen LogP contribution in [0.15, 0.2) is 29.2 Å². The average molecular weight is 304 g/mol. The predicted octanol–water partition coefficient (Wildman–Crippen LogP) is 2.16. The Morgan fingerprint density at radius 1 is 1.33 bits per heavy atom. The molecule has 2 heterocycles. The number of nitrogens with one attached hydrogen (secondary N) is 1. The number of hydrogen-bond donors (Lipinski definition) is 1. The number of hydrogen-bond acceptors (Lipinski definition) is 4. The summed E-state index contributed by atoms with van der Waals surface area (Å²) in [5, 5.41) is 3.59. The van der Waals surface area contributed by atoms with Crippen LogP contribution in [-0.4, -0.2) is 41.9 Å². The Hall–Kier alpha value is -1.04. The van der Waals surface area contributed by atoms with Gasteiger partial charge in [0.05, 0.1) is 12.6 Å². The van der Waals surface area contributed by atoms with E-state index < -0.39 is 0 Å². The maximum Gasteiger partial charge on any atom is 0.244 e. The normalized spacial score (nSPS) is 30.3. The lowest BCUT2D eigenvalue weighted by Crippen LogP contribution is -2.40. The Kier molecular flexibility index (Phi) is 3.24. The summed E-state index contributed by atoms with van der Waals surface area (Å²) in [6.07, 6.45) is 4.96. The first kappa shape index (κ1) is 13.6. The summed E-state index contributed by atoms with van der Waals surface area (Å²) in [4.78, 5) is 16.1. The highest BCUT2D eigenvalue weighted by molar-refractivity contribution is 7.98. The third kappa shape index (κ3) is 2.18. The van der Waals surface area contributed by atoms with Crippen molar-refractivity contribution in [3.05, 3.63) is 29.8 Å². The second-order valence-corrected chi connectivity index (χ2v) is 7.01. The van der Waals surface area contributed by atoms with Crippen LogP contribution in [0.3, 0.4) is 0 Å². The first-order valence-electron chi connectivity index (χ1n) is 7.56. The van der Waals surface area contributed by atoms with Gasteiger partial charge in [0.1, 0.15) is 11.7 Å². The van der Waals surface area contributed by atoms with Crippen molar-refractivity contribution >= 4 is 17.7 Å². The summed E-state index contributed by atoms with van der Waals surface area (Å²) in [7, 11) is 0. The Morgan fingerprint density at radius 2 is 2.10 bits per heavy atom. The molecule has 0 radical (unpaired) electrons. The third-order valence-electron chi connectivity index (χ3n) is 4.82. The van der Waals surface area contributed by atoms with Gasteiger partial charge in [0, 0.05) is 11.5 Å². The molecule has 1 amide bonds.